The second-order valence-corrected chi connectivity index (χ2v) is 8.46. The zero-order chi connectivity index (χ0) is 26.7. The van der Waals surface area contributed by atoms with Crippen molar-refractivity contribution in [2.24, 2.45) is 0 Å². The summed E-state index contributed by atoms with van der Waals surface area (Å²) in [7, 11) is 0. The van der Waals surface area contributed by atoms with Crippen molar-refractivity contribution < 1.29 is 69.4 Å². The highest BCUT2D eigenvalue weighted by molar-refractivity contribution is 5.76. The van der Waals surface area contributed by atoms with E-state index in [1.807, 2.05) is 0 Å². The van der Waals surface area contributed by atoms with E-state index in [2.05, 4.69) is 10.6 Å². The minimum atomic E-state index is -2.71. The summed E-state index contributed by atoms with van der Waals surface area (Å²) in [6, 6.07) is -2.80. The Labute approximate surface area is 199 Å². The summed E-state index contributed by atoms with van der Waals surface area (Å²) in [5, 5.41) is 84.9. The highest BCUT2D eigenvalue weighted by atomic mass is 16.7. The average molecular weight is 512 g/mol. The number of carbonyl (C=O) groups excluding carboxylic acids is 2. The summed E-state index contributed by atoms with van der Waals surface area (Å²) < 4.78 is 15.9. The van der Waals surface area contributed by atoms with E-state index < -0.39 is 104 Å². The summed E-state index contributed by atoms with van der Waals surface area (Å²) in [5.74, 6) is -5.80. The first-order valence-corrected chi connectivity index (χ1v) is 10.7. The fourth-order valence-electron chi connectivity index (χ4n) is 3.97. The summed E-state index contributed by atoms with van der Waals surface area (Å²) in [6.07, 6.45) is -14.9. The molecule has 2 amide bonds. The van der Waals surface area contributed by atoms with E-state index in [0.29, 0.717) is 0 Å². The maximum atomic E-state index is 12.1. The normalized spacial score (nSPS) is 39.3. The van der Waals surface area contributed by atoms with Gasteiger partial charge in [0, 0.05) is 20.3 Å². The van der Waals surface area contributed by atoms with E-state index >= 15 is 0 Å². The third kappa shape index (κ3) is 6.62. The molecule has 2 rings (SSSR count). The first-order chi connectivity index (χ1) is 16.2. The molecule has 9 unspecified atom stereocenters. The van der Waals surface area contributed by atoms with Gasteiger partial charge in [0.2, 0.25) is 11.8 Å². The van der Waals surface area contributed by atoms with Crippen molar-refractivity contribution in [2.75, 3.05) is 13.2 Å². The van der Waals surface area contributed by atoms with Crippen LogP contribution >= 0.6 is 0 Å². The molecule has 11 atom stereocenters. The number of nitrogens with one attached hydrogen (secondary N) is 2. The van der Waals surface area contributed by atoms with Gasteiger partial charge in [0.25, 0.3) is 5.79 Å². The van der Waals surface area contributed by atoms with Crippen molar-refractivity contribution in [1.29, 1.82) is 0 Å². The Balaban J connectivity index is 2.25. The molecule has 0 radical (unpaired) electrons. The summed E-state index contributed by atoms with van der Waals surface area (Å²) in [5.41, 5.74) is 0. The number of aliphatic hydroxyl groups is 7. The van der Waals surface area contributed by atoms with Crippen LogP contribution in [0.3, 0.4) is 0 Å². The second kappa shape index (κ2) is 11.8. The number of rotatable bonds is 9. The number of carboxylic acids is 1. The third-order valence-electron chi connectivity index (χ3n) is 5.76. The quantitative estimate of drug-likeness (QED) is 0.138. The van der Waals surface area contributed by atoms with E-state index in [1.165, 1.54) is 0 Å². The summed E-state index contributed by atoms with van der Waals surface area (Å²) >= 11 is 0. The number of hydrogen-bond acceptors (Lipinski definition) is 13. The molecule has 0 spiro atoms. The fourth-order valence-corrected chi connectivity index (χ4v) is 3.97. The van der Waals surface area contributed by atoms with Crippen LogP contribution in [0.15, 0.2) is 0 Å². The van der Waals surface area contributed by atoms with Crippen molar-refractivity contribution in [2.45, 2.75) is 87.2 Å². The minimum absolute atomic E-state index is 0.628. The first-order valence-electron chi connectivity index (χ1n) is 10.7. The van der Waals surface area contributed by atoms with E-state index in [-0.39, 0.29) is 0 Å². The van der Waals surface area contributed by atoms with Crippen molar-refractivity contribution >= 4 is 17.8 Å². The zero-order valence-electron chi connectivity index (χ0n) is 18.9. The molecule has 16 heteroatoms. The number of ether oxygens (including phenoxy) is 3. The van der Waals surface area contributed by atoms with Crippen LogP contribution in [0.4, 0.5) is 0 Å². The fraction of sp³-hybridized carbons (Fsp3) is 0.842. The van der Waals surface area contributed by atoms with Gasteiger partial charge in [-0.05, 0) is 0 Å². The standard InChI is InChI=1S/C19H32N2O14/c1-6(23)20-11-8(25)3-19(18(31)32,35-16(11)13(27)9(26)4-22)33-5-10-14(28)15(29)12(17(30)34-10)21-7(2)24/h8-17,22,25-30H,3-5H2,1-2H3,(H,20,23)(H,21,24)(H,31,32)/t8?,9-,10?,11?,12?,13?,14?,15?,16?,17-,19?/m1/s1. The molecule has 2 heterocycles. The highest BCUT2D eigenvalue weighted by Crippen LogP contribution is 2.34. The number of carboxylic acid groups (broad SMARTS) is 1. The van der Waals surface area contributed by atoms with Gasteiger partial charge in [-0.2, -0.15) is 0 Å². The van der Waals surface area contributed by atoms with Crippen molar-refractivity contribution in [1.82, 2.24) is 10.6 Å². The van der Waals surface area contributed by atoms with Crippen molar-refractivity contribution in [3.63, 3.8) is 0 Å². The molecule has 2 aliphatic rings. The lowest BCUT2D eigenvalue weighted by Crippen LogP contribution is -2.68. The van der Waals surface area contributed by atoms with E-state index in [1.54, 1.807) is 0 Å². The molecule has 35 heavy (non-hydrogen) atoms. The molecule has 16 nitrogen and oxygen atoms in total. The largest absolute Gasteiger partial charge is 0.477 e. The highest BCUT2D eigenvalue weighted by Gasteiger charge is 2.56. The number of amides is 2. The minimum Gasteiger partial charge on any atom is -0.477 e. The van der Waals surface area contributed by atoms with E-state index in [9.17, 15) is 50.1 Å². The molecule has 0 aliphatic carbocycles. The van der Waals surface area contributed by atoms with Gasteiger partial charge < -0.3 is 65.7 Å². The third-order valence-corrected chi connectivity index (χ3v) is 5.76. The van der Waals surface area contributed by atoms with Gasteiger partial charge in [-0.3, -0.25) is 9.59 Å². The Morgan fingerprint density at radius 2 is 1.60 bits per heavy atom. The van der Waals surface area contributed by atoms with Crippen LogP contribution in [0.5, 0.6) is 0 Å². The Morgan fingerprint density at radius 3 is 2.11 bits per heavy atom. The lowest BCUT2D eigenvalue weighted by atomic mass is 9.88. The first kappa shape index (κ1) is 29.2. The van der Waals surface area contributed by atoms with Gasteiger partial charge in [-0.1, -0.05) is 0 Å². The maximum Gasteiger partial charge on any atom is 0.364 e. The van der Waals surface area contributed by atoms with Crippen LogP contribution in [-0.2, 0) is 28.6 Å². The topological polar surface area (TPSA) is 265 Å². The molecule has 0 saturated carbocycles. The van der Waals surface area contributed by atoms with Gasteiger partial charge >= 0.3 is 5.97 Å². The summed E-state index contributed by atoms with van der Waals surface area (Å²) in [6.45, 7) is 0.409. The molecule has 2 aliphatic heterocycles. The lowest BCUT2D eigenvalue weighted by molar-refractivity contribution is -0.328. The molecular weight excluding hydrogens is 480 g/mol. The van der Waals surface area contributed by atoms with Gasteiger partial charge in [-0.15, -0.1) is 0 Å². The molecule has 10 N–H and O–H groups in total. The van der Waals surface area contributed by atoms with Crippen LogP contribution in [0, 0.1) is 0 Å². The Hall–Kier alpha value is -1.99. The SMILES string of the molecule is CC(=O)NC1C(O)CC(OCC2O[C@@H](O)C(NC(C)=O)C(O)C2O)(C(=O)O)OC1C(O)[C@H](O)CO. The molecule has 0 aromatic rings. The van der Waals surface area contributed by atoms with Gasteiger partial charge in [0.15, 0.2) is 6.29 Å². The number of aliphatic carboxylic acids is 1. The van der Waals surface area contributed by atoms with Crippen LogP contribution < -0.4 is 10.6 Å². The van der Waals surface area contributed by atoms with Crippen molar-refractivity contribution in [3.8, 4) is 0 Å². The van der Waals surface area contributed by atoms with Crippen LogP contribution in [-0.4, -0.2) is 139 Å². The lowest BCUT2D eigenvalue weighted by Gasteiger charge is -2.47. The molecule has 0 aromatic carbocycles. The average Bonchev–Trinajstić information content (AvgIpc) is 2.78. The molecule has 0 aromatic heterocycles. The predicted octanol–water partition coefficient (Wildman–Crippen LogP) is -5.90. The number of hydrogen-bond donors (Lipinski definition) is 10. The Morgan fingerprint density at radius 1 is 1.03 bits per heavy atom. The van der Waals surface area contributed by atoms with Gasteiger partial charge in [0.1, 0.15) is 42.7 Å². The van der Waals surface area contributed by atoms with Crippen LogP contribution in [0.1, 0.15) is 20.3 Å². The monoisotopic (exact) mass is 512 g/mol. The van der Waals surface area contributed by atoms with Gasteiger partial charge in [0.05, 0.1) is 25.4 Å². The molecule has 202 valence electrons. The smallest absolute Gasteiger partial charge is 0.364 e. The van der Waals surface area contributed by atoms with Crippen LogP contribution in [0.2, 0.25) is 0 Å². The van der Waals surface area contributed by atoms with E-state index in [4.69, 9.17) is 19.3 Å². The maximum absolute atomic E-state index is 12.1. The Kier molecular flexibility index (Phi) is 9.88. The number of carbonyl (C=O) groups is 3. The second-order valence-electron chi connectivity index (χ2n) is 8.46. The predicted molar refractivity (Wildman–Crippen MR) is 109 cm³/mol. The van der Waals surface area contributed by atoms with Gasteiger partial charge in [-0.25, -0.2) is 4.79 Å². The Bertz CT molecular complexity index is 770. The molecular formula is C19H32N2O14. The zero-order valence-corrected chi connectivity index (χ0v) is 18.9. The molecule has 2 fully saturated rings. The van der Waals surface area contributed by atoms with Crippen molar-refractivity contribution in [3.05, 3.63) is 0 Å². The van der Waals surface area contributed by atoms with E-state index in [0.717, 1.165) is 13.8 Å². The molecule has 2 saturated heterocycles. The van der Waals surface area contributed by atoms with Crippen LogP contribution in [0.25, 0.3) is 0 Å². The molecule has 0 bridgehead atoms. The number of aliphatic hydroxyl groups excluding tert-OH is 7. The summed E-state index contributed by atoms with van der Waals surface area (Å²) in [4.78, 5) is 34.9.